The highest BCUT2D eigenvalue weighted by molar-refractivity contribution is 5.55. The number of fused-ring (bicyclic) bond motifs is 1. The van der Waals surface area contributed by atoms with E-state index in [2.05, 4.69) is 48.3 Å². The fourth-order valence-electron chi connectivity index (χ4n) is 3.55. The van der Waals surface area contributed by atoms with E-state index in [0.29, 0.717) is 5.54 Å². The van der Waals surface area contributed by atoms with Gasteiger partial charge in [0.05, 0.1) is 0 Å². The molecule has 0 amide bonds. The van der Waals surface area contributed by atoms with E-state index in [9.17, 15) is 0 Å². The van der Waals surface area contributed by atoms with Gasteiger partial charge in [0.2, 0.25) is 0 Å². The van der Waals surface area contributed by atoms with Gasteiger partial charge in [-0.15, -0.1) is 0 Å². The molecule has 1 aromatic carbocycles. The third kappa shape index (κ3) is 2.85. The number of rotatable bonds is 5. The Bertz CT molecular complexity index is 452. The Morgan fingerprint density at radius 2 is 2.05 bits per heavy atom. The smallest absolute Gasteiger partial charge is 0.0412 e. The van der Waals surface area contributed by atoms with Crippen molar-refractivity contribution in [1.82, 2.24) is 5.32 Å². The normalized spacial score (nSPS) is 26.2. The summed E-state index contributed by atoms with van der Waals surface area (Å²) in [6.07, 6.45) is 6.76. The van der Waals surface area contributed by atoms with Crippen LogP contribution in [0.2, 0.25) is 0 Å². The Morgan fingerprint density at radius 3 is 2.80 bits per heavy atom. The molecular formula is C18H28N2. The number of nitrogens with one attached hydrogen (secondary N) is 1. The van der Waals surface area contributed by atoms with Crippen molar-refractivity contribution >= 4 is 5.69 Å². The lowest BCUT2D eigenvalue weighted by Gasteiger charge is -2.35. The molecule has 0 radical (unpaired) electrons. The predicted octanol–water partition coefficient (Wildman–Crippen LogP) is 3.96. The minimum Gasteiger partial charge on any atom is -0.369 e. The highest BCUT2D eigenvalue weighted by Crippen LogP contribution is 2.42. The molecule has 2 nitrogen and oxygen atoms in total. The Hall–Kier alpha value is -1.02. The summed E-state index contributed by atoms with van der Waals surface area (Å²) in [6, 6.07) is 8.95. The van der Waals surface area contributed by atoms with Crippen LogP contribution in [0.5, 0.6) is 0 Å². The highest BCUT2D eigenvalue weighted by Gasteiger charge is 2.43. The molecule has 0 aromatic heterocycles. The zero-order valence-corrected chi connectivity index (χ0v) is 13.0. The van der Waals surface area contributed by atoms with Crippen LogP contribution in [0.4, 0.5) is 5.69 Å². The first-order valence-corrected chi connectivity index (χ1v) is 8.31. The van der Waals surface area contributed by atoms with E-state index in [4.69, 9.17) is 0 Å². The SMILES string of the molecule is CCCCCN1CC(C)(C2CC2)NCc2ccccc21. The van der Waals surface area contributed by atoms with E-state index >= 15 is 0 Å². The maximum absolute atomic E-state index is 3.85. The fourth-order valence-corrected chi connectivity index (χ4v) is 3.55. The van der Waals surface area contributed by atoms with Crippen molar-refractivity contribution in [3.8, 4) is 0 Å². The van der Waals surface area contributed by atoms with E-state index in [1.54, 1.807) is 0 Å². The molecule has 1 heterocycles. The third-order valence-electron chi connectivity index (χ3n) is 5.04. The topological polar surface area (TPSA) is 15.3 Å². The monoisotopic (exact) mass is 272 g/mol. The number of benzene rings is 1. The average Bonchev–Trinajstić information content (AvgIpc) is 3.29. The number of hydrogen-bond acceptors (Lipinski definition) is 2. The van der Waals surface area contributed by atoms with Gasteiger partial charge in [0.1, 0.15) is 0 Å². The predicted molar refractivity (Wildman–Crippen MR) is 86.1 cm³/mol. The first kappa shape index (κ1) is 13.9. The molecule has 1 unspecified atom stereocenters. The lowest BCUT2D eigenvalue weighted by molar-refractivity contribution is 0.316. The molecule has 0 spiro atoms. The molecule has 2 aliphatic rings. The Labute approximate surface area is 123 Å². The first-order chi connectivity index (χ1) is 9.73. The van der Waals surface area contributed by atoms with Crippen molar-refractivity contribution in [3.05, 3.63) is 29.8 Å². The molecule has 1 aliphatic heterocycles. The lowest BCUT2D eigenvalue weighted by Crippen LogP contribution is -2.51. The highest BCUT2D eigenvalue weighted by atomic mass is 15.2. The summed E-state index contributed by atoms with van der Waals surface area (Å²) in [5.74, 6) is 0.880. The summed E-state index contributed by atoms with van der Waals surface area (Å²) in [4.78, 5) is 2.64. The zero-order chi connectivity index (χ0) is 14.0. The standard InChI is InChI=1S/C18H28N2/c1-3-4-7-12-20-14-18(2,16-10-11-16)19-13-15-8-5-6-9-17(15)20/h5-6,8-9,16,19H,3-4,7,10-14H2,1-2H3. The number of unbranched alkanes of at least 4 members (excludes halogenated alkanes) is 2. The van der Waals surface area contributed by atoms with Crippen LogP contribution in [0, 0.1) is 5.92 Å². The Kier molecular flexibility index (Phi) is 4.02. The average molecular weight is 272 g/mol. The second kappa shape index (κ2) is 5.77. The van der Waals surface area contributed by atoms with Crippen LogP contribution in [0.3, 0.4) is 0 Å². The van der Waals surface area contributed by atoms with Crippen molar-refractivity contribution in [3.63, 3.8) is 0 Å². The second-order valence-corrected chi connectivity index (χ2v) is 6.80. The first-order valence-electron chi connectivity index (χ1n) is 8.31. The molecule has 0 bridgehead atoms. The summed E-state index contributed by atoms with van der Waals surface area (Å²) in [5, 5.41) is 3.85. The minimum absolute atomic E-state index is 0.297. The molecule has 1 N–H and O–H groups in total. The molecular weight excluding hydrogens is 244 g/mol. The minimum atomic E-state index is 0.297. The zero-order valence-electron chi connectivity index (χ0n) is 13.0. The van der Waals surface area contributed by atoms with Gasteiger partial charge in [0, 0.05) is 30.9 Å². The summed E-state index contributed by atoms with van der Waals surface area (Å²) in [7, 11) is 0. The van der Waals surface area contributed by atoms with Crippen LogP contribution in [0.1, 0.15) is 51.5 Å². The fraction of sp³-hybridized carbons (Fsp3) is 0.667. The van der Waals surface area contributed by atoms with Gasteiger partial charge >= 0.3 is 0 Å². The van der Waals surface area contributed by atoms with Crippen LogP contribution in [0.25, 0.3) is 0 Å². The van der Waals surface area contributed by atoms with Crippen molar-refractivity contribution in [1.29, 1.82) is 0 Å². The van der Waals surface area contributed by atoms with Crippen LogP contribution in [0.15, 0.2) is 24.3 Å². The molecule has 3 rings (SSSR count). The number of nitrogens with zero attached hydrogens (tertiary/aromatic N) is 1. The van der Waals surface area contributed by atoms with E-state index in [1.807, 2.05) is 0 Å². The largest absolute Gasteiger partial charge is 0.369 e. The summed E-state index contributed by atoms with van der Waals surface area (Å²) in [5.41, 5.74) is 3.22. The molecule has 1 aliphatic carbocycles. The van der Waals surface area contributed by atoms with Gasteiger partial charge < -0.3 is 10.2 Å². The molecule has 1 saturated carbocycles. The van der Waals surface area contributed by atoms with Gasteiger partial charge in [-0.1, -0.05) is 38.0 Å². The van der Waals surface area contributed by atoms with Crippen molar-refractivity contribution in [2.75, 3.05) is 18.0 Å². The quantitative estimate of drug-likeness (QED) is 0.816. The van der Waals surface area contributed by atoms with Gasteiger partial charge in [-0.25, -0.2) is 0 Å². The molecule has 2 heteroatoms. The van der Waals surface area contributed by atoms with Gasteiger partial charge in [-0.2, -0.15) is 0 Å². The van der Waals surface area contributed by atoms with E-state index in [-0.39, 0.29) is 0 Å². The maximum atomic E-state index is 3.85. The molecule has 0 saturated heterocycles. The van der Waals surface area contributed by atoms with E-state index in [1.165, 1.54) is 56.4 Å². The van der Waals surface area contributed by atoms with Crippen LogP contribution >= 0.6 is 0 Å². The number of hydrogen-bond donors (Lipinski definition) is 1. The van der Waals surface area contributed by atoms with Crippen molar-refractivity contribution < 1.29 is 0 Å². The summed E-state index contributed by atoms with van der Waals surface area (Å²) in [6.45, 7) is 8.11. The number of anilines is 1. The number of para-hydroxylation sites is 1. The van der Waals surface area contributed by atoms with Gasteiger partial charge in [0.25, 0.3) is 0 Å². The second-order valence-electron chi connectivity index (χ2n) is 6.80. The molecule has 110 valence electrons. The summed E-state index contributed by atoms with van der Waals surface area (Å²) < 4.78 is 0. The summed E-state index contributed by atoms with van der Waals surface area (Å²) >= 11 is 0. The van der Waals surface area contributed by atoms with Gasteiger partial charge in [0.15, 0.2) is 0 Å². The molecule has 1 fully saturated rings. The van der Waals surface area contributed by atoms with Crippen molar-refractivity contribution in [2.24, 2.45) is 5.92 Å². The van der Waals surface area contributed by atoms with Gasteiger partial charge in [-0.3, -0.25) is 0 Å². The Morgan fingerprint density at radius 1 is 1.25 bits per heavy atom. The van der Waals surface area contributed by atoms with Gasteiger partial charge in [-0.05, 0) is 43.7 Å². The van der Waals surface area contributed by atoms with Crippen molar-refractivity contribution in [2.45, 2.75) is 58.0 Å². The Balaban J connectivity index is 1.81. The van der Waals surface area contributed by atoms with Crippen LogP contribution in [-0.4, -0.2) is 18.6 Å². The molecule has 1 aromatic rings. The maximum Gasteiger partial charge on any atom is 0.0412 e. The van der Waals surface area contributed by atoms with Crippen LogP contribution in [-0.2, 0) is 6.54 Å². The molecule has 20 heavy (non-hydrogen) atoms. The van der Waals surface area contributed by atoms with E-state index < -0.39 is 0 Å². The lowest BCUT2D eigenvalue weighted by atomic mass is 9.95. The molecule has 1 atom stereocenters. The third-order valence-corrected chi connectivity index (χ3v) is 5.04. The van der Waals surface area contributed by atoms with Crippen LogP contribution < -0.4 is 10.2 Å². The van der Waals surface area contributed by atoms with E-state index in [0.717, 1.165) is 12.5 Å².